The number of benzene rings is 1. The molecule has 14 N–H and O–H groups in total. The van der Waals surface area contributed by atoms with Gasteiger partial charge in [-0.2, -0.15) is 0 Å². The minimum Gasteiger partial charge on any atom is -0.404 e. The van der Waals surface area contributed by atoms with Gasteiger partial charge >= 0.3 is 7.82 Å². The van der Waals surface area contributed by atoms with Crippen molar-refractivity contribution in [1.29, 1.82) is 0 Å². The lowest BCUT2D eigenvalue weighted by Gasteiger charge is -2.29. The number of amides is 8. The monoisotopic (exact) mass is 869 g/mol. The predicted octanol–water partition coefficient (Wildman–Crippen LogP) is -3.99. The van der Waals surface area contributed by atoms with E-state index in [0.717, 1.165) is 0 Å². The maximum Gasteiger partial charge on any atom is 0.524 e. The lowest BCUT2D eigenvalue weighted by molar-refractivity contribution is -0.137. The van der Waals surface area contributed by atoms with Gasteiger partial charge in [-0.1, -0.05) is 39.8 Å². The van der Waals surface area contributed by atoms with Gasteiger partial charge in [-0.25, -0.2) is 4.57 Å². The van der Waals surface area contributed by atoms with Crippen molar-refractivity contribution in [2.24, 2.45) is 23.3 Å². The quantitative estimate of drug-likeness (QED) is 0.0329. The summed E-state index contributed by atoms with van der Waals surface area (Å²) in [5, 5.41) is 27.6. The van der Waals surface area contributed by atoms with E-state index < -0.39 is 122 Å². The van der Waals surface area contributed by atoms with Crippen molar-refractivity contribution < 1.29 is 67.1 Å². The first-order chi connectivity index (χ1) is 28.0. The van der Waals surface area contributed by atoms with Crippen molar-refractivity contribution in [3.8, 4) is 5.75 Å². The minimum atomic E-state index is -4.90. The van der Waals surface area contributed by atoms with E-state index in [1.807, 2.05) is 0 Å². The number of nitrogens with one attached hydrogen (secondary N) is 7. The Bertz CT molecular complexity index is 1750. The third kappa shape index (κ3) is 17.4. The van der Waals surface area contributed by atoms with E-state index in [9.17, 15) is 52.8 Å². The molecule has 2 rings (SSSR count). The second-order valence-electron chi connectivity index (χ2n) is 14.8. The van der Waals surface area contributed by atoms with Crippen LogP contribution in [0, 0.1) is 11.8 Å². The van der Waals surface area contributed by atoms with Crippen LogP contribution in [-0.4, -0.2) is 124 Å². The summed E-state index contributed by atoms with van der Waals surface area (Å²) >= 11 is 0. The summed E-state index contributed by atoms with van der Waals surface area (Å²) in [7, 11) is -4.90. The van der Waals surface area contributed by atoms with Gasteiger partial charge < -0.3 is 63.1 Å². The average molecular weight is 870 g/mol. The van der Waals surface area contributed by atoms with Crippen LogP contribution in [0.2, 0.25) is 0 Å². The van der Waals surface area contributed by atoms with Crippen LogP contribution in [0.1, 0.15) is 65.4 Å². The highest BCUT2D eigenvalue weighted by Gasteiger charge is 2.36. The third-order valence-corrected chi connectivity index (χ3v) is 9.59. The maximum atomic E-state index is 13.9. The molecule has 0 radical (unpaired) electrons. The van der Waals surface area contributed by atoms with Gasteiger partial charge in [0.15, 0.2) is 0 Å². The van der Waals surface area contributed by atoms with E-state index in [4.69, 9.17) is 21.3 Å². The second-order valence-corrected chi connectivity index (χ2v) is 16.0. The normalized spacial score (nSPS) is 16.9. The zero-order valence-electron chi connectivity index (χ0n) is 33.7. The van der Waals surface area contributed by atoms with E-state index in [1.54, 1.807) is 13.8 Å². The van der Waals surface area contributed by atoms with Crippen LogP contribution in [0.4, 0.5) is 0 Å². The van der Waals surface area contributed by atoms with Crippen LogP contribution in [0.15, 0.2) is 24.3 Å². The fourth-order valence-corrected chi connectivity index (χ4v) is 6.31. The molecule has 0 bridgehead atoms. The second kappa shape index (κ2) is 23.9. The van der Waals surface area contributed by atoms with E-state index in [1.165, 1.54) is 38.1 Å². The zero-order chi connectivity index (χ0) is 45.3. The van der Waals surface area contributed by atoms with Gasteiger partial charge in [-0.3, -0.25) is 48.1 Å². The molecule has 334 valence electrons. The first-order valence-corrected chi connectivity index (χ1v) is 20.6. The number of hydrogen-bond acceptors (Lipinski definition) is 13. The molecule has 1 aliphatic heterocycles. The van der Waals surface area contributed by atoms with Crippen LogP contribution < -0.4 is 53.2 Å². The Morgan fingerprint density at radius 1 is 0.783 bits per heavy atom. The first-order valence-electron chi connectivity index (χ1n) is 19.1. The van der Waals surface area contributed by atoms with Crippen molar-refractivity contribution in [3.05, 3.63) is 29.8 Å². The maximum absolute atomic E-state index is 13.9. The number of phosphoric ester groups is 1. The molecule has 1 fully saturated rings. The molecule has 0 aliphatic carbocycles. The summed E-state index contributed by atoms with van der Waals surface area (Å²) in [4.78, 5) is 133. The Morgan fingerprint density at radius 3 is 1.78 bits per heavy atom. The number of rotatable bonds is 25. The fourth-order valence-electron chi connectivity index (χ4n) is 5.91. The molecule has 0 saturated carbocycles. The fraction of sp³-hybridized carbons (Fsp3) is 0.583. The van der Waals surface area contributed by atoms with Crippen molar-refractivity contribution in [1.82, 2.24) is 37.2 Å². The van der Waals surface area contributed by atoms with Crippen molar-refractivity contribution in [2.75, 3.05) is 13.2 Å². The third-order valence-electron chi connectivity index (χ3n) is 9.14. The molecule has 8 amide bonds. The number of primary amides is 2. The SMILES string of the molecule is CC(C)[C@H](NC(=O)[C@H](CC(N)=O)NC(=O)[C@@H](NC(=O)[C@H](Cc1ccc(OP(=O)(O)O)cc1)NC(=O)[C@H](CO)NC(=O)[C@@H]1CCCN1)C(C)C)C(=O)N[C@H](C=O)CCC(N)=O. The molecule has 1 heterocycles. The van der Waals surface area contributed by atoms with E-state index >= 15 is 0 Å². The highest BCUT2D eigenvalue weighted by molar-refractivity contribution is 7.46. The Labute approximate surface area is 345 Å². The van der Waals surface area contributed by atoms with Crippen LogP contribution in [0.5, 0.6) is 5.75 Å². The van der Waals surface area contributed by atoms with Crippen molar-refractivity contribution in [2.45, 2.75) is 109 Å². The number of carbonyl (C=O) groups is 9. The number of carbonyl (C=O) groups excluding carboxylic acids is 9. The molecule has 1 saturated heterocycles. The minimum absolute atomic E-state index is 0.103. The molecular formula is C36H56N9O14P. The van der Waals surface area contributed by atoms with Crippen LogP contribution in [0.25, 0.3) is 0 Å². The first kappa shape index (κ1) is 50.7. The summed E-state index contributed by atoms with van der Waals surface area (Å²) < 4.78 is 15.8. The summed E-state index contributed by atoms with van der Waals surface area (Å²) in [6.07, 6.45) is 0.248. The molecular weight excluding hydrogens is 813 g/mol. The van der Waals surface area contributed by atoms with E-state index in [-0.39, 0.29) is 25.0 Å². The average Bonchev–Trinajstić information content (AvgIpc) is 3.71. The highest BCUT2D eigenvalue weighted by atomic mass is 31.2. The van der Waals surface area contributed by atoms with Crippen LogP contribution in [0.3, 0.4) is 0 Å². The molecule has 0 spiro atoms. The summed E-state index contributed by atoms with van der Waals surface area (Å²) in [5.74, 6) is -8.53. The molecule has 24 heteroatoms. The van der Waals surface area contributed by atoms with Crippen molar-refractivity contribution in [3.63, 3.8) is 0 Å². The smallest absolute Gasteiger partial charge is 0.404 e. The molecule has 0 aromatic heterocycles. The number of phosphoric acid groups is 1. The van der Waals surface area contributed by atoms with Gasteiger partial charge in [0.25, 0.3) is 0 Å². The number of aliphatic hydroxyl groups is 1. The molecule has 23 nitrogen and oxygen atoms in total. The standard InChI is InChI=1S/C36H56N9O14P/c1-18(2)29(35(54)40-21(16-46)9-12-27(37)48)44-33(52)25(15-28(38)49)42-36(55)30(19(3)4)45-32(51)24(14-20-7-10-22(11-8-20)59-60(56,57)58)41-34(53)26(17-47)43-31(50)23-6-5-13-39-23/h7-8,10-11,16,18-19,21,23-26,29-30,39,47H,5-6,9,12-15,17H2,1-4H3,(H2,37,48)(H2,38,49)(H,40,54)(H,41,53)(H,42,55)(H,43,50)(H,44,52)(H,45,51)(H2,56,57,58)/t21-,23-,24-,25-,26-,29-,30-/m0/s1. The Kier molecular flexibility index (Phi) is 20.2. The van der Waals surface area contributed by atoms with Gasteiger partial charge in [0, 0.05) is 12.8 Å². The summed E-state index contributed by atoms with van der Waals surface area (Å²) in [6.45, 7) is 5.94. The molecule has 7 atom stereocenters. The highest BCUT2D eigenvalue weighted by Crippen LogP contribution is 2.37. The van der Waals surface area contributed by atoms with Crippen LogP contribution in [-0.2, 0) is 54.1 Å². The largest absolute Gasteiger partial charge is 0.524 e. The lowest BCUT2D eigenvalue weighted by Crippen LogP contribution is -2.61. The van der Waals surface area contributed by atoms with Gasteiger partial charge in [0.1, 0.15) is 42.2 Å². The zero-order valence-corrected chi connectivity index (χ0v) is 34.6. The molecule has 1 aromatic rings. The molecule has 0 unspecified atom stereocenters. The number of hydrogen-bond donors (Lipinski definition) is 12. The van der Waals surface area contributed by atoms with Crippen molar-refractivity contribution >= 4 is 61.4 Å². The van der Waals surface area contributed by atoms with Gasteiger partial charge in [-0.15, -0.1) is 0 Å². The predicted molar refractivity (Wildman–Crippen MR) is 210 cm³/mol. The topological polar surface area (TPSA) is 377 Å². The van der Waals surface area contributed by atoms with Gasteiger partial charge in [0.2, 0.25) is 47.3 Å². The molecule has 1 aliphatic rings. The Hall–Kier alpha value is -5.48. The van der Waals surface area contributed by atoms with E-state index in [0.29, 0.717) is 31.2 Å². The van der Waals surface area contributed by atoms with E-state index in [2.05, 4.69) is 41.7 Å². The Balaban J connectivity index is 2.34. The number of aliphatic hydroxyl groups excluding tert-OH is 1. The molecule has 1 aromatic carbocycles. The Morgan fingerprint density at radius 2 is 1.32 bits per heavy atom. The van der Waals surface area contributed by atoms with Crippen LogP contribution >= 0.6 is 7.82 Å². The number of aldehydes is 1. The van der Waals surface area contributed by atoms with Gasteiger partial charge in [-0.05, 0) is 55.3 Å². The summed E-state index contributed by atoms with van der Waals surface area (Å²) in [6, 6.07) is -4.05. The summed E-state index contributed by atoms with van der Waals surface area (Å²) in [5.41, 5.74) is 10.8. The van der Waals surface area contributed by atoms with Gasteiger partial charge in [0.05, 0.1) is 25.1 Å². The molecule has 60 heavy (non-hydrogen) atoms. The number of nitrogens with two attached hydrogens (primary N) is 2. The lowest BCUT2D eigenvalue weighted by atomic mass is 9.99.